The third-order valence-corrected chi connectivity index (χ3v) is 8.30. The molecule has 0 bridgehead atoms. The van der Waals surface area contributed by atoms with Crippen LogP contribution in [-0.4, -0.2) is 25.8 Å². The van der Waals surface area contributed by atoms with E-state index < -0.39 is 0 Å². The summed E-state index contributed by atoms with van der Waals surface area (Å²) in [5, 5.41) is 7.06. The molecule has 1 atom stereocenters. The summed E-state index contributed by atoms with van der Waals surface area (Å²) in [5.41, 5.74) is 4.74. The van der Waals surface area contributed by atoms with Crippen molar-refractivity contribution in [3.05, 3.63) is 48.9 Å². The minimum absolute atomic E-state index is 0.266. The summed E-state index contributed by atoms with van der Waals surface area (Å²) in [6.45, 7) is 25.7. The minimum atomic E-state index is 0.266. The largest absolute Gasteiger partial charge is 0.387 e. The fraction of sp³-hybridized carbons (Fsp3) is 0.795. The molecule has 0 fully saturated rings. The van der Waals surface area contributed by atoms with Crippen LogP contribution in [0.1, 0.15) is 175 Å². The Morgan fingerprint density at radius 3 is 1.50 bits per heavy atom. The number of allylic oxidation sites excluding steroid dienone is 3. The Morgan fingerprint density at radius 2 is 1.02 bits per heavy atom. The number of hydrogen-bond acceptors (Lipinski definition) is 3. The number of nitrogens with one attached hydrogen (secondary N) is 2. The number of rotatable bonds is 34. The number of ether oxygens (including phenoxy) is 1. The lowest BCUT2D eigenvalue weighted by molar-refractivity contribution is 0.133. The van der Waals surface area contributed by atoms with E-state index in [1.807, 2.05) is 0 Å². The molecule has 42 heavy (non-hydrogen) atoms. The van der Waals surface area contributed by atoms with E-state index in [9.17, 15) is 0 Å². The van der Waals surface area contributed by atoms with Gasteiger partial charge in [-0.3, -0.25) is 0 Å². The van der Waals surface area contributed by atoms with Crippen molar-refractivity contribution >= 4 is 0 Å². The monoisotopic (exact) mass is 587 g/mol. The Hall–Kier alpha value is -1.48. The second-order valence-electron chi connectivity index (χ2n) is 13.0. The third kappa shape index (κ3) is 30.0. The Labute approximate surface area is 264 Å². The van der Waals surface area contributed by atoms with Crippen LogP contribution >= 0.6 is 0 Å². The van der Waals surface area contributed by atoms with E-state index in [-0.39, 0.29) is 6.04 Å². The normalized spacial score (nSPS) is 11.8. The van der Waals surface area contributed by atoms with Crippen LogP contribution in [-0.2, 0) is 4.74 Å². The number of hydrogen-bond donors (Lipinski definition) is 2. The molecule has 0 rings (SSSR count). The van der Waals surface area contributed by atoms with Crippen LogP contribution in [0.5, 0.6) is 0 Å². The van der Waals surface area contributed by atoms with Gasteiger partial charge in [0, 0.05) is 30.6 Å². The van der Waals surface area contributed by atoms with Crippen molar-refractivity contribution in [1.29, 1.82) is 0 Å². The van der Waals surface area contributed by atoms with Crippen LogP contribution in [0, 0.1) is 0 Å². The lowest BCUT2D eigenvalue weighted by atomic mass is 10.0. The molecule has 0 unspecified atom stereocenters. The maximum Gasteiger partial charge on any atom is 0.0638 e. The molecule has 0 aromatic rings. The van der Waals surface area contributed by atoms with Gasteiger partial charge in [-0.25, -0.2) is 0 Å². The molecule has 0 aromatic heterocycles. The molecule has 246 valence electrons. The number of unbranched alkanes of at least 4 members (excludes halogenated alkanes) is 18. The topological polar surface area (TPSA) is 33.3 Å². The van der Waals surface area contributed by atoms with Crippen molar-refractivity contribution < 1.29 is 4.74 Å². The standard InChI is InChI=1S/C39H74N2O/c1-8-9-10-27-33-42-34-32-40-37(6)30-31-39(36(4)5)41-38(7)29-26-24-22-20-18-16-14-12-11-13-15-17-19-21-23-25-28-35(2)3/h39-41H,2,4,6-34H2,1,3,5H3/t39-/m0/s1. The highest BCUT2D eigenvalue weighted by atomic mass is 16.5. The van der Waals surface area contributed by atoms with Gasteiger partial charge in [-0.05, 0) is 58.8 Å². The summed E-state index contributed by atoms with van der Waals surface area (Å²) in [6, 6.07) is 0.266. The van der Waals surface area contributed by atoms with Crippen LogP contribution in [0.2, 0.25) is 0 Å². The second kappa shape index (κ2) is 31.0. The van der Waals surface area contributed by atoms with Gasteiger partial charge < -0.3 is 15.4 Å². The fourth-order valence-corrected chi connectivity index (χ4v) is 5.44. The molecular formula is C39H74N2O. The molecule has 0 aliphatic heterocycles. The molecule has 3 nitrogen and oxygen atoms in total. The molecule has 0 heterocycles. The summed E-state index contributed by atoms with van der Waals surface area (Å²) in [5.74, 6) is 0. The zero-order valence-corrected chi connectivity index (χ0v) is 28.9. The van der Waals surface area contributed by atoms with Crippen LogP contribution in [0.15, 0.2) is 48.9 Å². The van der Waals surface area contributed by atoms with Crippen LogP contribution in [0.4, 0.5) is 0 Å². The van der Waals surface area contributed by atoms with E-state index in [2.05, 4.69) is 57.7 Å². The lowest BCUT2D eigenvalue weighted by Crippen LogP contribution is -2.30. The Kier molecular flexibility index (Phi) is 29.9. The highest BCUT2D eigenvalue weighted by molar-refractivity contribution is 5.09. The molecule has 0 aromatic carbocycles. The molecule has 0 aliphatic carbocycles. The predicted octanol–water partition coefficient (Wildman–Crippen LogP) is 12.1. The van der Waals surface area contributed by atoms with Crippen molar-refractivity contribution in [1.82, 2.24) is 10.6 Å². The van der Waals surface area contributed by atoms with Gasteiger partial charge in [0.05, 0.1) is 6.61 Å². The quantitative estimate of drug-likeness (QED) is 0.0581. The maximum absolute atomic E-state index is 5.72. The van der Waals surface area contributed by atoms with Gasteiger partial charge in [0.15, 0.2) is 0 Å². The van der Waals surface area contributed by atoms with Gasteiger partial charge in [-0.15, -0.1) is 6.58 Å². The van der Waals surface area contributed by atoms with Crippen molar-refractivity contribution in [3.63, 3.8) is 0 Å². The molecule has 0 amide bonds. The first-order chi connectivity index (χ1) is 20.4. The Morgan fingerprint density at radius 1 is 0.548 bits per heavy atom. The van der Waals surface area contributed by atoms with Gasteiger partial charge in [0.25, 0.3) is 0 Å². The van der Waals surface area contributed by atoms with Gasteiger partial charge >= 0.3 is 0 Å². The van der Waals surface area contributed by atoms with Gasteiger partial charge in [0.1, 0.15) is 0 Å². The summed E-state index contributed by atoms with van der Waals surface area (Å²) in [4.78, 5) is 0. The van der Waals surface area contributed by atoms with Crippen molar-refractivity contribution in [2.24, 2.45) is 0 Å². The zero-order chi connectivity index (χ0) is 31.1. The van der Waals surface area contributed by atoms with E-state index in [0.717, 1.165) is 50.4 Å². The van der Waals surface area contributed by atoms with E-state index in [1.165, 1.54) is 146 Å². The SMILES string of the molecule is C=C(C)CCCCCCCCCCCCCCCCCCC(=C)N[C@@H](CCC(=C)NCCOCCCCCC)C(=C)C. The molecular weight excluding hydrogens is 512 g/mol. The second-order valence-corrected chi connectivity index (χ2v) is 13.0. The lowest BCUT2D eigenvalue weighted by Gasteiger charge is -2.22. The van der Waals surface area contributed by atoms with Crippen LogP contribution < -0.4 is 10.6 Å². The van der Waals surface area contributed by atoms with Crippen LogP contribution in [0.25, 0.3) is 0 Å². The first-order valence-corrected chi connectivity index (χ1v) is 18.1. The van der Waals surface area contributed by atoms with Gasteiger partial charge in [0.2, 0.25) is 0 Å². The highest BCUT2D eigenvalue weighted by Crippen LogP contribution is 2.17. The molecule has 0 spiro atoms. The minimum Gasteiger partial charge on any atom is -0.387 e. The van der Waals surface area contributed by atoms with E-state index >= 15 is 0 Å². The molecule has 0 saturated heterocycles. The molecule has 0 radical (unpaired) electrons. The average Bonchev–Trinajstić information content (AvgIpc) is 2.95. The molecule has 2 N–H and O–H groups in total. The maximum atomic E-state index is 5.72. The van der Waals surface area contributed by atoms with Crippen molar-refractivity contribution in [2.75, 3.05) is 19.8 Å². The van der Waals surface area contributed by atoms with Gasteiger partial charge in [-0.2, -0.15) is 0 Å². The van der Waals surface area contributed by atoms with Crippen molar-refractivity contribution in [3.8, 4) is 0 Å². The average molecular weight is 587 g/mol. The molecule has 0 saturated carbocycles. The molecule has 3 heteroatoms. The summed E-state index contributed by atoms with van der Waals surface area (Å²) in [6.07, 6.45) is 31.5. The summed E-state index contributed by atoms with van der Waals surface area (Å²) < 4.78 is 5.72. The summed E-state index contributed by atoms with van der Waals surface area (Å²) in [7, 11) is 0. The first kappa shape index (κ1) is 40.5. The van der Waals surface area contributed by atoms with E-state index in [4.69, 9.17) is 4.74 Å². The predicted molar refractivity (Wildman–Crippen MR) is 190 cm³/mol. The Balaban J connectivity index is 3.60. The first-order valence-electron chi connectivity index (χ1n) is 18.1. The third-order valence-electron chi connectivity index (χ3n) is 8.30. The zero-order valence-electron chi connectivity index (χ0n) is 28.9. The fourth-order valence-electron chi connectivity index (χ4n) is 5.44. The Bertz CT molecular complexity index is 667. The summed E-state index contributed by atoms with van der Waals surface area (Å²) >= 11 is 0. The van der Waals surface area contributed by atoms with E-state index in [1.54, 1.807) is 0 Å². The van der Waals surface area contributed by atoms with Crippen molar-refractivity contribution in [2.45, 2.75) is 181 Å². The smallest absolute Gasteiger partial charge is 0.0638 e. The highest BCUT2D eigenvalue weighted by Gasteiger charge is 2.11. The van der Waals surface area contributed by atoms with Crippen LogP contribution in [0.3, 0.4) is 0 Å². The molecule has 0 aliphatic rings. The van der Waals surface area contributed by atoms with Gasteiger partial charge in [-0.1, -0.05) is 147 Å². The van der Waals surface area contributed by atoms with E-state index in [0.29, 0.717) is 0 Å².